The molecular weight excluding hydrogens is 244 g/mol. The van der Waals surface area contributed by atoms with Crippen LogP contribution in [0.4, 0.5) is 0 Å². The molecule has 0 radical (unpaired) electrons. The third-order valence-corrected chi connectivity index (χ3v) is 4.61. The minimum atomic E-state index is -1.14. The molecule has 2 rings (SSSR count). The number of rotatable bonds is 2. The molecule has 0 spiro atoms. The van der Waals surface area contributed by atoms with Gasteiger partial charge in [-0.3, -0.25) is 4.79 Å². The topological polar surface area (TPSA) is 74.6 Å². The maximum atomic E-state index is 12.0. The summed E-state index contributed by atoms with van der Waals surface area (Å²) in [7, 11) is 0. The zero-order valence-electron chi connectivity index (χ0n) is 11.1. The second kappa shape index (κ2) is 4.46. The van der Waals surface area contributed by atoms with E-state index in [0.29, 0.717) is 6.42 Å². The van der Waals surface area contributed by atoms with Crippen molar-refractivity contribution in [3.63, 3.8) is 0 Å². The van der Waals surface area contributed by atoms with Crippen molar-refractivity contribution in [2.45, 2.75) is 26.4 Å². The van der Waals surface area contributed by atoms with Crippen molar-refractivity contribution < 1.29 is 19.8 Å². The molecular formula is C15H18O4. The van der Waals surface area contributed by atoms with E-state index in [9.17, 15) is 14.7 Å². The summed E-state index contributed by atoms with van der Waals surface area (Å²) < 4.78 is 0. The van der Waals surface area contributed by atoms with Crippen LogP contribution in [0.3, 0.4) is 0 Å². The second-order valence-electron chi connectivity index (χ2n) is 5.65. The quantitative estimate of drug-likeness (QED) is 0.743. The van der Waals surface area contributed by atoms with E-state index in [-0.39, 0.29) is 17.3 Å². The molecule has 2 aliphatic rings. The van der Waals surface area contributed by atoms with Gasteiger partial charge in [0.25, 0.3) is 0 Å². The number of aliphatic carboxylic acids is 1. The third kappa shape index (κ3) is 2.06. The summed E-state index contributed by atoms with van der Waals surface area (Å²) >= 11 is 0. The van der Waals surface area contributed by atoms with Crippen LogP contribution in [0.5, 0.6) is 0 Å². The minimum Gasteiger partial charge on any atom is -0.478 e. The van der Waals surface area contributed by atoms with Crippen molar-refractivity contribution in [3.8, 4) is 0 Å². The van der Waals surface area contributed by atoms with Gasteiger partial charge in [-0.2, -0.15) is 0 Å². The lowest BCUT2D eigenvalue weighted by Crippen LogP contribution is -2.43. The normalized spacial score (nSPS) is 37.5. The molecule has 4 unspecified atom stereocenters. The first-order valence-electron chi connectivity index (χ1n) is 6.31. The molecule has 4 nitrogen and oxygen atoms in total. The van der Waals surface area contributed by atoms with Crippen LogP contribution >= 0.6 is 0 Å². The Balaban J connectivity index is 2.43. The van der Waals surface area contributed by atoms with Gasteiger partial charge in [0.15, 0.2) is 5.78 Å². The summed E-state index contributed by atoms with van der Waals surface area (Å²) in [6, 6.07) is 0. The Hall–Kier alpha value is -1.68. The van der Waals surface area contributed by atoms with Gasteiger partial charge in [-0.25, -0.2) is 4.79 Å². The lowest BCUT2D eigenvalue weighted by molar-refractivity contribution is -0.135. The molecule has 0 aromatic heterocycles. The van der Waals surface area contributed by atoms with E-state index in [4.69, 9.17) is 5.11 Å². The van der Waals surface area contributed by atoms with Gasteiger partial charge in [-0.1, -0.05) is 32.6 Å². The molecule has 2 N–H and O–H groups in total. The number of ketones is 1. The fourth-order valence-electron chi connectivity index (χ4n) is 2.94. The number of carbonyl (C=O) groups is 2. The molecule has 0 aromatic carbocycles. The fraction of sp³-hybridized carbons (Fsp3) is 0.467. The predicted octanol–water partition coefficient (Wildman–Crippen LogP) is 1.72. The molecule has 0 aliphatic heterocycles. The molecule has 0 saturated heterocycles. The highest BCUT2D eigenvalue weighted by Gasteiger charge is 2.46. The lowest BCUT2D eigenvalue weighted by atomic mass is 9.59. The molecule has 19 heavy (non-hydrogen) atoms. The van der Waals surface area contributed by atoms with Crippen LogP contribution in [-0.2, 0) is 9.59 Å². The van der Waals surface area contributed by atoms with Gasteiger partial charge >= 0.3 is 5.97 Å². The van der Waals surface area contributed by atoms with E-state index in [1.807, 2.05) is 13.8 Å². The van der Waals surface area contributed by atoms with Crippen LogP contribution in [-0.4, -0.2) is 28.1 Å². The monoisotopic (exact) mass is 262 g/mol. The zero-order chi connectivity index (χ0) is 14.4. The first-order chi connectivity index (χ1) is 8.77. The molecule has 0 amide bonds. The first kappa shape index (κ1) is 13.7. The van der Waals surface area contributed by atoms with E-state index in [1.165, 1.54) is 6.08 Å². The number of carboxylic acid groups (broad SMARTS) is 1. The van der Waals surface area contributed by atoms with E-state index in [1.54, 1.807) is 12.2 Å². The molecule has 102 valence electrons. The number of fused-ring (bicyclic) bond motifs is 1. The highest BCUT2D eigenvalue weighted by atomic mass is 16.4. The molecule has 0 aromatic rings. The smallest absolute Gasteiger partial charge is 0.331 e. The number of aliphatic hydroxyl groups excluding tert-OH is 1. The molecule has 0 heterocycles. The maximum absolute atomic E-state index is 12.0. The predicted molar refractivity (Wildman–Crippen MR) is 70.4 cm³/mol. The third-order valence-electron chi connectivity index (χ3n) is 4.61. The van der Waals surface area contributed by atoms with Gasteiger partial charge in [-0.15, -0.1) is 0 Å². The Morgan fingerprint density at radius 3 is 2.74 bits per heavy atom. The molecule has 4 atom stereocenters. The summed E-state index contributed by atoms with van der Waals surface area (Å²) in [4.78, 5) is 23.0. The van der Waals surface area contributed by atoms with Crippen molar-refractivity contribution in [2.24, 2.45) is 17.3 Å². The van der Waals surface area contributed by atoms with Crippen molar-refractivity contribution >= 4 is 11.8 Å². The van der Waals surface area contributed by atoms with Crippen LogP contribution in [0, 0.1) is 17.3 Å². The second-order valence-corrected chi connectivity index (χ2v) is 5.65. The van der Waals surface area contributed by atoms with E-state index in [0.717, 1.165) is 5.57 Å². The lowest BCUT2D eigenvalue weighted by Gasteiger charge is -2.45. The van der Waals surface area contributed by atoms with Gasteiger partial charge in [0.1, 0.15) is 0 Å². The Kier molecular flexibility index (Phi) is 3.22. The van der Waals surface area contributed by atoms with E-state index < -0.39 is 23.4 Å². The van der Waals surface area contributed by atoms with Gasteiger partial charge in [-0.05, 0) is 29.4 Å². The van der Waals surface area contributed by atoms with Crippen molar-refractivity contribution in [3.05, 3.63) is 36.0 Å². The molecule has 4 heteroatoms. The maximum Gasteiger partial charge on any atom is 0.331 e. The van der Waals surface area contributed by atoms with E-state index in [2.05, 4.69) is 6.58 Å². The number of carbonyl (C=O) groups excluding carboxylic acids is 1. The average molecular weight is 262 g/mol. The van der Waals surface area contributed by atoms with Crippen molar-refractivity contribution in [1.29, 1.82) is 0 Å². The highest BCUT2D eigenvalue weighted by molar-refractivity contribution is 6.02. The standard InChI is InChI=1S/C15H18O4/c1-8(14(18)19)11-7-15(3)9(2)12(16)5-4-10(15)6-13(11)17/h4-6,9,11-12,16H,1,7H2,2-3H3,(H,18,19). The van der Waals surface area contributed by atoms with Gasteiger partial charge < -0.3 is 10.2 Å². The largest absolute Gasteiger partial charge is 0.478 e. The van der Waals surface area contributed by atoms with Crippen molar-refractivity contribution in [1.82, 2.24) is 0 Å². The summed E-state index contributed by atoms with van der Waals surface area (Å²) in [6.07, 6.45) is 4.75. The first-order valence-corrected chi connectivity index (χ1v) is 6.31. The summed E-state index contributed by atoms with van der Waals surface area (Å²) in [5.41, 5.74) is 0.396. The molecule has 0 fully saturated rings. The fourth-order valence-corrected chi connectivity index (χ4v) is 2.94. The Morgan fingerprint density at radius 1 is 1.53 bits per heavy atom. The van der Waals surface area contributed by atoms with Crippen LogP contribution in [0.25, 0.3) is 0 Å². The number of hydrogen-bond donors (Lipinski definition) is 2. The van der Waals surface area contributed by atoms with Gasteiger partial charge in [0, 0.05) is 5.57 Å². The SMILES string of the molecule is C=C(C(=O)O)C1CC2(C)C(=CC1=O)C=CC(O)C2C. The molecule has 0 bridgehead atoms. The number of aliphatic hydroxyl groups is 1. The zero-order valence-corrected chi connectivity index (χ0v) is 11.1. The summed E-state index contributed by atoms with van der Waals surface area (Å²) in [5, 5.41) is 19.0. The number of allylic oxidation sites excluding steroid dienone is 3. The van der Waals surface area contributed by atoms with Crippen molar-refractivity contribution in [2.75, 3.05) is 0 Å². The van der Waals surface area contributed by atoms with Crippen LogP contribution in [0.2, 0.25) is 0 Å². The van der Waals surface area contributed by atoms with Crippen LogP contribution < -0.4 is 0 Å². The highest BCUT2D eigenvalue weighted by Crippen LogP contribution is 2.50. The Morgan fingerprint density at radius 2 is 2.16 bits per heavy atom. The van der Waals surface area contributed by atoms with Crippen LogP contribution in [0.1, 0.15) is 20.3 Å². The van der Waals surface area contributed by atoms with Crippen LogP contribution in [0.15, 0.2) is 36.0 Å². The molecule has 2 aliphatic carbocycles. The Bertz CT molecular complexity index is 514. The Labute approximate surface area is 112 Å². The van der Waals surface area contributed by atoms with Gasteiger partial charge in [0.05, 0.1) is 12.0 Å². The summed E-state index contributed by atoms with van der Waals surface area (Å²) in [5.74, 6) is -2.13. The average Bonchev–Trinajstić information content (AvgIpc) is 2.35. The summed E-state index contributed by atoms with van der Waals surface area (Å²) in [6.45, 7) is 7.39. The molecule has 0 saturated carbocycles. The van der Waals surface area contributed by atoms with E-state index >= 15 is 0 Å². The van der Waals surface area contributed by atoms with Gasteiger partial charge in [0.2, 0.25) is 0 Å². The number of hydrogen-bond acceptors (Lipinski definition) is 3. The number of carboxylic acids is 1. The minimum absolute atomic E-state index is 0.0686.